The van der Waals surface area contributed by atoms with E-state index in [1.807, 2.05) is 31.2 Å². The van der Waals surface area contributed by atoms with Crippen molar-refractivity contribution in [1.29, 1.82) is 0 Å². The van der Waals surface area contributed by atoms with E-state index in [1.54, 1.807) is 12.3 Å². The van der Waals surface area contributed by atoms with Crippen LogP contribution in [0.1, 0.15) is 39.7 Å². The summed E-state index contributed by atoms with van der Waals surface area (Å²) >= 11 is 0. The van der Waals surface area contributed by atoms with Crippen molar-refractivity contribution in [3.05, 3.63) is 117 Å². The Morgan fingerprint density at radius 2 is 1.92 bits per heavy atom. The third-order valence-electron chi connectivity index (χ3n) is 6.07. The Morgan fingerprint density at radius 1 is 1.08 bits per heavy atom. The molecular weight excluding hydrogens is 506 g/mol. The number of nitrogens with one attached hydrogen (secondary N) is 3. The first-order valence-electron chi connectivity index (χ1n) is 11.9. The minimum Gasteiger partial charge on any atom is -0.348 e. The summed E-state index contributed by atoms with van der Waals surface area (Å²) in [4.78, 5) is 48.8. The van der Waals surface area contributed by atoms with Gasteiger partial charge in [-0.2, -0.15) is 0 Å². The minimum absolute atomic E-state index is 0.0727. The summed E-state index contributed by atoms with van der Waals surface area (Å²) in [6.07, 6.45) is 9.14. The molecule has 39 heavy (non-hydrogen) atoms. The van der Waals surface area contributed by atoms with Crippen LogP contribution in [0.5, 0.6) is 0 Å². The van der Waals surface area contributed by atoms with Gasteiger partial charge in [-0.3, -0.25) is 19.0 Å². The molecule has 196 valence electrons. The van der Waals surface area contributed by atoms with E-state index in [0.717, 1.165) is 39.6 Å². The second kappa shape index (κ2) is 10.7. The van der Waals surface area contributed by atoms with Crippen LogP contribution < -0.4 is 16.2 Å². The number of hydrogen-bond donors (Lipinski definition) is 3. The smallest absolute Gasteiger partial charge is 0.266 e. The van der Waals surface area contributed by atoms with Gasteiger partial charge in [0.1, 0.15) is 5.56 Å². The molecule has 3 N–H and O–H groups in total. The van der Waals surface area contributed by atoms with Gasteiger partial charge in [0.15, 0.2) is 11.6 Å². The maximum Gasteiger partial charge on any atom is 0.266 e. The molecule has 1 aliphatic rings. The Balaban J connectivity index is 1.26. The van der Waals surface area contributed by atoms with E-state index >= 15 is 0 Å². The zero-order valence-electron chi connectivity index (χ0n) is 20.7. The Labute approximate surface area is 220 Å². The number of aromatic amines is 1. The predicted molar refractivity (Wildman–Crippen MR) is 141 cm³/mol. The summed E-state index contributed by atoms with van der Waals surface area (Å²) in [6, 6.07) is 8.86. The van der Waals surface area contributed by atoms with Crippen LogP contribution in [0.15, 0.2) is 71.8 Å². The summed E-state index contributed by atoms with van der Waals surface area (Å²) < 4.78 is 27.9. The number of H-pyrrole nitrogens is 1. The third kappa shape index (κ3) is 5.57. The lowest BCUT2D eigenvalue weighted by Crippen LogP contribution is -2.34. The van der Waals surface area contributed by atoms with Gasteiger partial charge in [-0.15, -0.1) is 0 Å². The van der Waals surface area contributed by atoms with Crippen LogP contribution in [-0.2, 0) is 11.3 Å². The van der Waals surface area contributed by atoms with Crippen LogP contribution in [0.3, 0.4) is 0 Å². The van der Waals surface area contributed by atoms with Gasteiger partial charge in [-0.05, 0) is 42.3 Å². The zero-order valence-corrected chi connectivity index (χ0v) is 20.7. The lowest BCUT2D eigenvalue weighted by Gasteiger charge is -2.09. The Morgan fingerprint density at radius 3 is 2.69 bits per heavy atom. The molecule has 0 aliphatic carbocycles. The van der Waals surface area contributed by atoms with Crippen molar-refractivity contribution in [2.24, 2.45) is 0 Å². The van der Waals surface area contributed by atoms with Crippen LogP contribution in [0.2, 0.25) is 0 Å². The fourth-order valence-electron chi connectivity index (χ4n) is 4.15. The number of amides is 2. The van der Waals surface area contributed by atoms with Gasteiger partial charge in [0.25, 0.3) is 17.4 Å². The summed E-state index contributed by atoms with van der Waals surface area (Å²) in [5.41, 5.74) is 3.87. The summed E-state index contributed by atoms with van der Waals surface area (Å²) in [5, 5.41) is 5.56. The molecule has 2 aromatic carbocycles. The molecule has 9 nitrogen and oxygen atoms in total. The molecule has 0 atom stereocenters. The Hall–Kier alpha value is -5.19. The Bertz CT molecular complexity index is 1710. The van der Waals surface area contributed by atoms with Crippen LogP contribution >= 0.6 is 0 Å². The molecule has 0 spiro atoms. The number of imidazole rings is 1. The molecule has 2 aromatic heterocycles. The fraction of sp³-hybridized carbons (Fsp3) is 0.107. The van der Waals surface area contributed by atoms with Gasteiger partial charge in [0, 0.05) is 24.0 Å². The number of halogens is 2. The number of aromatic nitrogens is 4. The number of rotatable bonds is 7. The molecule has 5 rings (SSSR count). The van der Waals surface area contributed by atoms with Crippen molar-refractivity contribution >= 4 is 35.2 Å². The standard InChI is InChI=1S/C28H22F2N6O3/c1-16(6-17-2-4-20-21(9-19-11-31-14-34-19)27(38)35-25(20)8-17)10-33-26(37)22-12-32-15-36(28(22)39)13-18-3-5-23(29)24(30)7-18/h2-9,11-12,14-15H,10,13H2,1H3,(H,31,34)(H,33,37)(H,35,38)/b16-6+,21-9?. The highest BCUT2D eigenvalue weighted by atomic mass is 19.2. The predicted octanol–water partition coefficient (Wildman–Crippen LogP) is 3.62. The van der Waals surface area contributed by atoms with E-state index in [0.29, 0.717) is 22.5 Å². The molecule has 0 radical (unpaired) electrons. The fourth-order valence-corrected chi connectivity index (χ4v) is 4.15. The number of carbonyl (C=O) groups is 2. The molecule has 1 aliphatic heterocycles. The van der Waals surface area contributed by atoms with Crippen LogP contribution in [0.25, 0.3) is 17.7 Å². The minimum atomic E-state index is -1.03. The van der Waals surface area contributed by atoms with E-state index in [2.05, 4.69) is 25.6 Å². The quantitative estimate of drug-likeness (QED) is 0.317. The molecule has 11 heteroatoms. The van der Waals surface area contributed by atoms with Crippen molar-refractivity contribution in [1.82, 2.24) is 24.8 Å². The van der Waals surface area contributed by atoms with E-state index in [9.17, 15) is 23.2 Å². The van der Waals surface area contributed by atoms with Gasteiger partial charge >= 0.3 is 0 Å². The maximum absolute atomic E-state index is 13.5. The molecule has 3 heterocycles. The highest BCUT2D eigenvalue weighted by Gasteiger charge is 2.24. The topological polar surface area (TPSA) is 122 Å². The number of benzene rings is 2. The Kier molecular flexibility index (Phi) is 6.96. The lowest BCUT2D eigenvalue weighted by molar-refractivity contribution is -0.110. The van der Waals surface area contributed by atoms with Crippen LogP contribution in [0, 0.1) is 11.6 Å². The van der Waals surface area contributed by atoms with Gasteiger partial charge < -0.3 is 15.6 Å². The third-order valence-corrected chi connectivity index (χ3v) is 6.07. The second-order valence-electron chi connectivity index (χ2n) is 8.99. The zero-order chi connectivity index (χ0) is 27.5. The number of nitrogens with zero attached hydrogens (tertiary/aromatic N) is 3. The largest absolute Gasteiger partial charge is 0.348 e. The van der Waals surface area contributed by atoms with Crippen LogP contribution in [0.4, 0.5) is 14.5 Å². The molecule has 4 aromatic rings. The average molecular weight is 529 g/mol. The van der Waals surface area contributed by atoms with Gasteiger partial charge in [0.2, 0.25) is 0 Å². The van der Waals surface area contributed by atoms with Crippen molar-refractivity contribution < 1.29 is 18.4 Å². The number of anilines is 1. The SMILES string of the molecule is C/C(=C\c1ccc2c(c1)NC(=O)C2=Cc1cnc[nH]1)CNC(=O)c1cncn(Cc2ccc(F)c(F)c2)c1=O. The average Bonchev–Trinajstić information content (AvgIpc) is 3.53. The number of carbonyl (C=O) groups excluding carboxylic acids is 2. The van der Waals surface area contributed by atoms with Crippen molar-refractivity contribution in [3.63, 3.8) is 0 Å². The molecule has 0 saturated carbocycles. The first-order chi connectivity index (χ1) is 18.8. The molecular formula is C28H22F2N6O3. The summed E-state index contributed by atoms with van der Waals surface area (Å²) in [7, 11) is 0. The van der Waals surface area contributed by atoms with Crippen molar-refractivity contribution in [3.8, 4) is 0 Å². The first kappa shape index (κ1) is 25.5. The van der Waals surface area contributed by atoms with E-state index in [4.69, 9.17) is 0 Å². The summed E-state index contributed by atoms with van der Waals surface area (Å²) in [6.45, 7) is 1.90. The highest BCUT2D eigenvalue weighted by molar-refractivity contribution is 6.34. The normalized spacial score (nSPS) is 13.9. The molecule has 0 unspecified atom stereocenters. The van der Waals surface area contributed by atoms with Gasteiger partial charge in [-0.1, -0.05) is 29.8 Å². The molecule has 0 saturated heterocycles. The number of hydrogen-bond acceptors (Lipinski definition) is 5. The monoisotopic (exact) mass is 528 g/mol. The van der Waals surface area contributed by atoms with E-state index in [-0.39, 0.29) is 24.6 Å². The van der Waals surface area contributed by atoms with Crippen molar-refractivity contribution in [2.45, 2.75) is 13.5 Å². The van der Waals surface area contributed by atoms with Crippen LogP contribution in [-0.4, -0.2) is 37.9 Å². The first-order valence-corrected chi connectivity index (χ1v) is 11.9. The van der Waals surface area contributed by atoms with Crippen molar-refractivity contribution in [2.75, 3.05) is 11.9 Å². The van der Waals surface area contributed by atoms with Gasteiger partial charge in [-0.25, -0.2) is 18.7 Å². The lowest BCUT2D eigenvalue weighted by atomic mass is 10.0. The summed E-state index contributed by atoms with van der Waals surface area (Å²) in [5.74, 6) is -2.84. The second-order valence-corrected chi connectivity index (χ2v) is 8.99. The van der Waals surface area contributed by atoms with E-state index < -0.39 is 23.1 Å². The highest BCUT2D eigenvalue weighted by Crippen LogP contribution is 2.34. The van der Waals surface area contributed by atoms with E-state index in [1.165, 1.54) is 18.7 Å². The molecule has 0 fully saturated rings. The van der Waals surface area contributed by atoms with Gasteiger partial charge in [0.05, 0.1) is 36.7 Å². The number of fused-ring (bicyclic) bond motifs is 1. The maximum atomic E-state index is 13.5. The molecule has 0 bridgehead atoms. The molecule has 2 amide bonds.